The molecular formula is C106H71N5O2Si2. The maximum atomic E-state index is 6.89. The van der Waals surface area contributed by atoms with E-state index in [-0.39, 0.29) is 0 Å². The first-order valence-electron chi connectivity index (χ1n) is 39.3. The second-order valence-electron chi connectivity index (χ2n) is 29.7. The highest BCUT2D eigenvalue weighted by Gasteiger charge is 2.47. The molecule has 0 saturated heterocycles. The van der Waals surface area contributed by atoms with Crippen LogP contribution in [0.2, 0.25) is 0 Å². The monoisotopic (exact) mass is 1500 g/mol. The van der Waals surface area contributed by atoms with E-state index in [0.29, 0.717) is 0 Å². The summed E-state index contributed by atoms with van der Waals surface area (Å²) in [6.45, 7) is 0. The summed E-state index contributed by atoms with van der Waals surface area (Å²) in [5.74, 6) is 0.880. The van der Waals surface area contributed by atoms with Crippen molar-refractivity contribution in [2.45, 2.75) is 0 Å². The molecule has 0 bridgehead atoms. The molecule has 7 heterocycles. The number of hydrogen-bond acceptors (Lipinski definition) is 4. The highest BCUT2D eigenvalue weighted by atomic mass is 28.3. The van der Waals surface area contributed by atoms with Gasteiger partial charge in [-0.2, -0.15) is 0 Å². The Morgan fingerprint density at radius 2 is 0.548 bits per heavy atom. The van der Waals surface area contributed by atoms with Gasteiger partial charge in [0.2, 0.25) is 16.1 Å². The summed E-state index contributed by atoms with van der Waals surface area (Å²) in [6, 6.07) is 155. The minimum absolute atomic E-state index is 0.880. The van der Waals surface area contributed by atoms with E-state index in [2.05, 4.69) is 432 Å². The van der Waals surface area contributed by atoms with Crippen molar-refractivity contribution in [1.29, 1.82) is 0 Å². The molecule has 23 aromatic rings. The quantitative estimate of drug-likeness (QED) is 0.0852. The topological polar surface area (TPSA) is 66.8 Å². The molecule has 0 fully saturated rings. The maximum absolute atomic E-state index is 6.89. The van der Waals surface area contributed by atoms with Crippen LogP contribution in [-0.2, 0) is 0 Å². The Labute approximate surface area is 665 Å². The van der Waals surface area contributed by atoms with E-state index in [9.17, 15) is 0 Å². The molecule has 0 spiro atoms. The van der Waals surface area contributed by atoms with Crippen LogP contribution in [0.15, 0.2) is 440 Å². The standard InChI is InChI=1S/C59H39N3OSi.C47H32N2OSi/c1-3-20-43(21-4-1)64(44-22-5-2-6-23-44,56-33-16-28-49-48-27-10-14-32-55(48)63-59(49)56)58-35-17-34-57(60-58)62-53-31-13-9-26-47(53)50-39-41(36-37-54(50)62)40-18-15-19-42(38-40)61-51-29-11-7-24-45(51)46-25-8-12-30-52(46)61;1-4-16-34(17-5-1)49-42-26-12-10-22-37(42)40-32-33(30-31-43(40)49)41-25-15-29-46(48-41)51(35-18-6-2-7-19-35,36-20-8-3-9-21-36)45-28-14-24-39-38-23-11-13-27-44(38)50-47(39)45/h1-39H;1-32H. The summed E-state index contributed by atoms with van der Waals surface area (Å²) in [4.78, 5) is 11.5. The van der Waals surface area contributed by atoms with Crippen LogP contribution in [0.4, 0.5) is 0 Å². The van der Waals surface area contributed by atoms with Gasteiger partial charge in [0, 0.05) is 81.4 Å². The lowest BCUT2D eigenvalue weighted by Crippen LogP contribution is -2.75. The van der Waals surface area contributed by atoms with E-state index in [1.165, 1.54) is 96.6 Å². The minimum Gasteiger partial charge on any atom is -0.456 e. The molecular weight excluding hydrogens is 1430 g/mol. The molecule has 0 aliphatic carbocycles. The third kappa shape index (κ3) is 10.8. The van der Waals surface area contributed by atoms with Gasteiger partial charge in [-0.25, -0.2) is 4.98 Å². The Morgan fingerprint density at radius 3 is 1.05 bits per heavy atom. The fraction of sp³-hybridized carbons (Fsp3) is 0. The fourth-order valence-electron chi connectivity index (χ4n) is 18.6. The van der Waals surface area contributed by atoms with Gasteiger partial charge in [-0.3, -0.25) is 9.55 Å². The predicted molar refractivity (Wildman–Crippen MR) is 484 cm³/mol. The minimum atomic E-state index is -3.14. The number of benzene rings is 16. The lowest BCUT2D eigenvalue weighted by atomic mass is 10.0. The molecule has 540 valence electrons. The summed E-state index contributed by atoms with van der Waals surface area (Å²) < 4.78 is 20.8. The molecule has 16 aromatic carbocycles. The molecule has 0 amide bonds. The van der Waals surface area contributed by atoms with Crippen molar-refractivity contribution in [2.24, 2.45) is 0 Å². The second kappa shape index (κ2) is 27.6. The van der Waals surface area contributed by atoms with Crippen LogP contribution in [0.25, 0.3) is 149 Å². The lowest BCUT2D eigenvalue weighted by molar-refractivity contribution is 0.671. The van der Waals surface area contributed by atoms with E-state index < -0.39 is 16.1 Å². The molecule has 115 heavy (non-hydrogen) atoms. The number of fused-ring (bicyclic) bond motifs is 15. The Morgan fingerprint density at radius 1 is 0.209 bits per heavy atom. The van der Waals surface area contributed by atoms with Crippen molar-refractivity contribution in [1.82, 2.24) is 23.7 Å². The number of aromatic nitrogens is 5. The number of rotatable bonds is 13. The molecule has 0 radical (unpaired) electrons. The largest absolute Gasteiger partial charge is 0.456 e. The molecule has 7 aromatic heterocycles. The van der Waals surface area contributed by atoms with Crippen molar-refractivity contribution < 1.29 is 8.83 Å². The predicted octanol–water partition coefficient (Wildman–Crippen LogP) is 21.3. The van der Waals surface area contributed by atoms with Crippen molar-refractivity contribution in [3.05, 3.63) is 431 Å². The highest BCUT2D eigenvalue weighted by Crippen LogP contribution is 2.40. The Hall–Kier alpha value is -14.7. The van der Waals surface area contributed by atoms with Gasteiger partial charge in [-0.05, 0) is 151 Å². The van der Waals surface area contributed by atoms with Gasteiger partial charge in [0.25, 0.3) is 0 Å². The summed E-state index contributed by atoms with van der Waals surface area (Å²) in [5, 5.41) is 21.3. The third-order valence-corrected chi connectivity index (χ3v) is 32.9. The zero-order chi connectivity index (χ0) is 76.0. The first kappa shape index (κ1) is 67.2. The van der Waals surface area contributed by atoms with Crippen LogP contribution in [0.1, 0.15) is 0 Å². The first-order valence-corrected chi connectivity index (χ1v) is 43.3. The van der Waals surface area contributed by atoms with Gasteiger partial charge in [0.1, 0.15) is 28.1 Å². The number of pyridine rings is 2. The normalized spacial score (nSPS) is 12.0. The number of para-hydroxylation sites is 9. The zero-order valence-corrected chi connectivity index (χ0v) is 64.5. The summed E-state index contributed by atoms with van der Waals surface area (Å²) in [7, 11) is -6.18. The second-order valence-corrected chi connectivity index (χ2v) is 37.2. The van der Waals surface area contributed by atoms with Gasteiger partial charge < -0.3 is 18.0 Å². The number of nitrogens with zero attached hydrogens (tertiary/aromatic N) is 5. The fourth-order valence-corrected chi connectivity index (χ4v) is 28.1. The van der Waals surface area contributed by atoms with E-state index >= 15 is 0 Å². The smallest absolute Gasteiger partial charge is 0.205 e. The van der Waals surface area contributed by atoms with Crippen molar-refractivity contribution >= 4 is 167 Å². The first-order chi connectivity index (χ1) is 57.1. The summed E-state index contributed by atoms with van der Waals surface area (Å²) in [6.07, 6.45) is 0. The van der Waals surface area contributed by atoms with Gasteiger partial charge in [-0.1, -0.05) is 322 Å². The van der Waals surface area contributed by atoms with Gasteiger partial charge in [0.05, 0.1) is 38.8 Å². The highest BCUT2D eigenvalue weighted by molar-refractivity contribution is 7.21. The third-order valence-electron chi connectivity index (χ3n) is 23.6. The average molecular weight is 1500 g/mol. The molecule has 7 nitrogen and oxygen atoms in total. The van der Waals surface area contributed by atoms with Crippen LogP contribution in [0.3, 0.4) is 0 Å². The van der Waals surface area contributed by atoms with Crippen LogP contribution in [-0.4, -0.2) is 39.8 Å². The van der Waals surface area contributed by atoms with Crippen LogP contribution >= 0.6 is 0 Å². The molecule has 9 heteroatoms. The van der Waals surface area contributed by atoms with E-state index in [4.69, 9.17) is 18.8 Å². The number of furan rings is 2. The van der Waals surface area contributed by atoms with E-state index in [0.717, 1.165) is 94.0 Å². The molecule has 0 aliphatic rings. The van der Waals surface area contributed by atoms with Gasteiger partial charge in [0.15, 0.2) is 0 Å². The van der Waals surface area contributed by atoms with Crippen LogP contribution in [0, 0.1) is 0 Å². The summed E-state index contributed by atoms with van der Waals surface area (Å²) in [5.41, 5.74) is 17.3. The molecule has 0 unspecified atom stereocenters. The lowest BCUT2D eigenvalue weighted by Gasteiger charge is -2.33. The van der Waals surface area contributed by atoms with Crippen LogP contribution in [0.5, 0.6) is 0 Å². The molecule has 0 saturated carbocycles. The van der Waals surface area contributed by atoms with Gasteiger partial charge in [-0.15, -0.1) is 0 Å². The van der Waals surface area contributed by atoms with Gasteiger partial charge >= 0.3 is 0 Å². The van der Waals surface area contributed by atoms with Crippen molar-refractivity contribution in [2.75, 3.05) is 0 Å². The Kier molecular flexibility index (Phi) is 16.1. The number of hydrogen-bond donors (Lipinski definition) is 0. The molecule has 0 N–H and O–H groups in total. The average Bonchev–Trinajstić information content (AvgIpc) is 1.67. The van der Waals surface area contributed by atoms with E-state index in [1.807, 2.05) is 12.1 Å². The molecule has 0 atom stereocenters. The summed E-state index contributed by atoms with van der Waals surface area (Å²) >= 11 is 0. The maximum Gasteiger partial charge on any atom is 0.205 e. The molecule has 23 rings (SSSR count). The Bertz CT molecular complexity index is 7550. The zero-order valence-electron chi connectivity index (χ0n) is 62.5. The SMILES string of the molecule is c1ccc(-n2c3ccccc3c3cc(-c4cccc([Si](c5ccccc5)(c5ccccc5)c5cccc6c5oc5ccccc56)n4)ccc32)cc1.c1ccc([Si](c2ccccc2)(c2cccc(-n3c4ccccc4c4cc(-c5cccc(-n6c7ccccc7c7ccccc76)c5)ccc43)n2)c2cccc3c2oc2ccccc23)cc1. The van der Waals surface area contributed by atoms with Crippen LogP contribution < -0.4 is 41.8 Å². The van der Waals surface area contributed by atoms with Crippen molar-refractivity contribution in [3.63, 3.8) is 0 Å². The van der Waals surface area contributed by atoms with Crippen molar-refractivity contribution in [3.8, 4) is 39.6 Å². The Balaban J connectivity index is 0.000000144. The molecule has 0 aliphatic heterocycles. The van der Waals surface area contributed by atoms with E-state index in [1.54, 1.807) is 0 Å².